The number of hydrogen-bond acceptors (Lipinski definition) is 3. The lowest BCUT2D eigenvalue weighted by molar-refractivity contribution is -0.169. The summed E-state index contributed by atoms with van der Waals surface area (Å²) in [5.41, 5.74) is -0.664. The van der Waals surface area contributed by atoms with Crippen molar-refractivity contribution >= 4 is 18.4 Å². The largest absolute Gasteiger partial charge is 0.460 e. The summed E-state index contributed by atoms with van der Waals surface area (Å²) < 4.78 is 5.49. The molecule has 0 saturated carbocycles. The molecule has 0 amide bonds. The van der Waals surface area contributed by atoms with E-state index in [1.165, 1.54) is 0 Å². The number of ether oxygens (including phenoxy) is 1. The van der Waals surface area contributed by atoms with Crippen molar-refractivity contribution in [2.24, 2.45) is 5.41 Å². The lowest BCUT2D eigenvalue weighted by atomic mass is 9.78. The minimum absolute atomic E-state index is 0. The number of hydrogen-bond donors (Lipinski definition) is 1. The second kappa shape index (κ2) is 5.87. The molecule has 0 spiro atoms. The van der Waals surface area contributed by atoms with Crippen LogP contribution in [0.15, 0.2) is 0 Å². The molecule has 16 heavy (non-hydrogen) atoms. The van der Waals surface area contributed by atoms with Gasteiger partial charge in [0.1, 0.15) is 5.60 Å². The van der Waals surface area contributed by atoms with E-state index in [4.69, 9.17) is 4.74 Å². The number of esters is 1. The van der Waals surface area contributed by atoms with E-state index < -0.39 is 0 Å². The predicted molar refractivity (Wildman–Crippen MR) is 67.9 cm³/mol. The van der Waals surface area contributed by atoms with Crippen molar-refractivity contribution < 1.29 is 9.53 Å². The summed E-state index contributed by atoms with van der Waals surface area (Å²) >= 11 is 0. The molecule has 1 aliphatic rings. The van der Waals surface area contributed by atoms with Crippen molar-refractivity contribution in [1.82, 2.24) is 5.32 Å². The Morgan fingerprint density at radius 2 is 2.06 bits per heavy atom. The van der Waals surface area contributed by atoms with Crippen LogP contribution < -0.4 is 5.32 Å². The zero-order valence-corrected chi connectivity index (χ0v) is 11.6. The molecule has 0 aromatic carbocycles. The Morgan fingerprint density at radius 3 is 2.44 bits per heavy atom. The van der Waals surface area contributed by atoms with Crippen molar-refractivity contribution in [3.05, 3.63) is 0 Å². The van der Waals surface area contributed by atoms with Crippen molar-refractivity contribution in [3.63, 3.8) is 0 Å². The van der Waals surface area contributed by atoms with E-state index >= 15 is 0 Å². The predicted octanol–water partition coefficient (Wildman–Crippen LogP) is 2.53. The van der Waals surface area contributed by atoms with Crippen LogP contribution in [0.2, 0.25) is 0 Å². The summed E-state index contributed by atoms with van der Waals surface area (Å²) in [6.07, 6.45) is 2.87. The Labute approximate surface area is 105 Å². The van der Waals surface area contributed by atoms with Crippen molar-refractivity contribution in [1.29, 1.82) is 0 Å². The van der Waals surface area contributed by atoms with Crippen LogP contribution in [-0.2, 0) is 9.53 Å². The van der Waals surface area contributed by atoms with Crippen LogP contribution in [0.1, 0.15) is 47.0 Å². The summed E-state index contributed by atoms with van der Waals surface area (Å²) in [5, 5.41) is 3.29. The molecular weight excluding hydrogens is 226 g/mol. The number of carbonyl (C=O) groups excluding carboxylic acids is 1. The summed E-state index contributed by atoms with van der Waals surface area (Å²) in [6, 6.07) is 0. The molecule has 4 heteroatoms. The molecule has 1 atom stereocenters. The summed E-state index contributed by atoms with van der Waals surface area (Å²) in [6.45, 7) is 9.61. The maximum absolute atomic E-state index is 12.1. The number of rotatable bonds is 2. The van der Waals surface area contributed by atoms with Gasteiger partial charge in [0.05, 0.1) is 5.41 Å². The Morgan fingerprint density at radius 1 is 1.44 bits per heavy atom. The molecule has 0 radical (unpaired) electrons. The quantitative estimate of drug-likeness (QED) is 0.765. The molecule has 1 fully saturated rings. The van der Waals surface area contributed by atoms with E-state index in [-0.39, 0.29) is 29.4 Å². The minimum Gasteiger partial charge on any atom is -0.460 e. The Kier molecular flexibility index (Phi) is 5.77. The monoisotopic (exact) mass is 249 g/mol. The number of carbonyl (C=O) groups is 1. The van der Waals surface area contributed by atoms with Gasteiger partial charge in [-0.1, -0.05) is 6.92 Å². The van der Waals surface area contributed by atoms with Crippen LogP contribution in [0.5, 0.6) is 0 Å². The molecule has 0 bridgehead atoms. The molecule has 1 aliphatic heterocycles. The van der Waals surface area contributed by atoms with Crippen LogP contribution >= 0.6 is 12.4 Å². The molecule has 3 nitrogen and oxygen atoms in total. The fraction of sp³-hybridized carbons (Fsp3) is 0.917. The van der Waals surface area contributed by atoms with E-state index in [0.29, 0.717) is 0 Å². The van der Waals surface area contributed by atoms with E-state index in [1.54, 1.807) is 0 Å². The number of halogens is 1. The smallest absolute Gasteiger partial charge is 0.313 e. The van der Waals surface area contributed by atoms with Crippen LogP contribution in [0, 0.1) is 5.41 Å². The SMILES string of the molecule is CCC1(C(=O)OC(C)(C)C)CCCNC1.Cl. The first-order valence-corrected chi connectivity index (χ1v) is 5.84. The zero-order chi connectivity index (χ0) is 11.5. The molecule has 1 heterocycles. The van der Waals surface area contributed by atoms with Crippen LogP contribution in [0.4, 0.5) is 0 Å². The van der Waals surface area contributed by atoms with Gasteiger partial charge in [0.15, 0.2) is 0 Å². The van der Waals surface area contributed by atoms with Crippen LogP contribution in [0.3, 0.4) is 0 Å². The second-order valence-electron chi connectivity index (χ2n) is 5.42. The highest BCUT2D eigenvalue weighted by Gasteiger charge is 2.40. The van der Waals surface area contributed by atoms with Crippen molar-refractivity contribution in [2.45, 2.75) is 52.6 Å². The molecule has 1 rings (SSSR count). The third kappa shape index (κ3) is 3.95. The van der Waals surface area contributed by atoms with Gasteiger partial charge in [-0.25, -0.2) is 0 Å². The molecule has 0 aliphatic carbocycles. The van der Waals surface area contributed by atoms with Crippen molar-refractivity contribution in [3.8, 4) is 0 Å². The van der Waals surface area contributed by atoms with Gasteiger partial charge in [-0.05, 0) is 46.6 Å². The molecule has 1 N–H and O–H groups in total. The average molecular weight is 250 g/mol. The van der Waals surface area contributed by atoms with E-state index in [2.05, 4.69) is 12.2 Å². The lowest BCUT2D eigenvalue weighted by Gasteiger charge is -2.36. The fourth-order valence-electron chi connectivity index (χ4n) is 1.97. The second-order valence-corrected chi connectivity index (χ2v) is 5.42. The maximum atomic E-state index is 12.1. The van der Waals surface area contributed by atoms with E-state index in [1.807, 2.05) is 20.8 Å². The molecule has 0 aromatic heterocycles. The molecular formula is C12H24ClNO2. The van der Waals surface area contributed by atoms with Gasteiger partial charge in [0.2, 0.25) is 0 Å². The van der Waals surface area contributed by atoms with Gasteiger partial charge in [-0.2, -0.15) is 0 Å². The molecule has 0 aromatic rings. The Bertz CT molecular complexity index is 230. The first kappa shape index (κ1) is 15.7. The highest BCUT2D eigenvalue weighted by Crippen LogP contribution is 2.32. The number of nitrogens with one attached hydrogen (secondary N) is 1. The van der Waals surface area contributed by atoms with Gasteiger partial charge in [-0.3, -0.25) is 4.79 Å². The molecule has 1 saturated heterocycles. The molecule has 1 unspecified atom stereocenters. The zero-order valence-electron chi connectivity index (χ0n) is 10.8. The van der Waals surface area contributed by atoms with Gasteiger partial charge in [-0.15, -0.1) is 12.4 Å². The van der Waals surface area contributed by atoms with Gasteiger partial charge in [0, 0.05) is 6.54 Å². The first-order valence-electron chi connectivity index (χ1n) is 5.84. The van der Waals surface area contributed by atoms with Gasteiger partial charge >= 0.3 is 5.97 Å². The topological polar surface area (TPSA) is 38.3 Å². The summed E-state index contributed by atoms with van der Waals surface area (Å²) in [5.74, 6) is -0.0373. The lowest BCUT2D eigenvalue weighted by Crippen LogP contribution is -2.47. The van der Waals surface area contributed by atoms with E-state index in [0.717, 1.165) is 32.4 Å². The van der Waals surface area contributed by atoms with E-state index in [9.17, 15) is 4.79 Å². The highest BCUT2D eigenvalue weighted by atomic mass is 35.5. The Balaban J connectivity index is 0.00000225. The van der Waals surface area contributed by atoms with Crippen LogP contribution in [-0.4, -0.2) is 24.7 Å². The normalized spacial score (nSPS) is 25.8. The van der Waals surface area contributed by atoms with Crippen LogP contribution in [0.25, 0.3) is 0 Å². The standard InChI is InChI=1S/C12H23NO2.ClH/c1-5-12(7-6-8-13-9-12)10(14)15-11(2,3)4;/h13H,5-9H2,1-4H3;1H. The number of piperidine rings is 1. The summed E-state index contributed by atoms with van der Waals surface area (Å²) in [4.78, 5) is 12.1. The maximum Gasteiger partial charge on any atom is 0.313 e. The average Bonchev–Trinajstić information content (AvgIpc) is 2.16. The molecule has 96 valence electrons. The Hall–Kier alpha value is -0.280. The highest BCUT2D eigenvalue weighted by molar-refractivity contribution is 5.85. The van der Waals surface area contributed by atoms with Crippen molar-refractivity contribution in [2.75, 3.05) is 13.1 Å². The summed E-state index contributed by atoms with van der Waals surface area (Å²) in [7, 11) is 0. The third-order valence-electron chi connectivity index (χ3n) is 2.98. The van der Waals surface area contributed by atoms with Gasteiger partial charge < -0.3 is 10.1 Å². The third-order valence-corrected chi connectivity index (χ3v) is 2.98. The van der Waals surface area contributed by atoms with Gasteiger partial charge in [0.25, 0.3) is 0 Å². The minimum atomic E-state index is -0.378. The first-order chi connectivity index (χ1) is 6.90. The fourth-order valence-corrected chi connectivity index (χ4v) is 1.97.